The molecule has 19 heavy (non-hydrogen) atoms. The molecule has 1 aliphatic carbocycles. The van der Waals surface area contributed by atoms with Crippen molar-refractivity contribution in [1.82, 2.24) is 5.32 Å². The first-order chi connectivity index (χ1) is 9.30. The van der Waals surface area contributed by atoms with Crippen molar-refractivity contribution in [2.24, 2.45) is 11.8 Å². The third-order valence-electron chi connectivity index (χ3n) is 4.73. The zero-order chi connectivity index (χ0) is 13.7. The lowest BCUT2D eigenvalue weighted by Gasteiger charge is -2.34. The van der Waals surface area contributed by atoms with Gasteiger partial charge in [0.15, 0.2) is 0 Å². The lowest BCUT2D eigenvalue weighted by atomic mass is 9.76. The van der Waals surface area contributed by atoms with Crippen molar-refractivity contribution in [3.05, 3.63) is 29.8 Å². The van der Waals surface area contributed by atoms with Gasteiger partial charge in [0, 0.05) is 11.6 Å². The molecule has 2 nitrogen and oxygen atoms in total. The van der Waals surface area contributed by atoms with Crippen molar-refractivity contribution in [2.45, 2.75) is 45.1 Å². The highest BCUT2D eigenvalue weighted by molar-refractivity contribution is 5.36. The van der Waals surface area contributed by atoms with Gasteiger partial charge < -0.3 is 10.1 Å². The first-order valence-electron chi connectivity index (χ1n) is 7.60. The molecule has 1 saturated carbocycles. The highest BCUT2D eigenvalue weighted by atomic mass is 16.5. The molecule has 0 heterocycles. The van der Waals surface area contributed by atoms with Crippen LogP contribution >= 0.6 is 0 Å². The second-order valence-electron chi connectivity index (χ2n) is 5.70. The maximum atomic E-state index is 5.52. The van der Waals surface area contributed by atoms with Crippen LogP contribution in [-0.4, -0.2) is 14.2 Å². The Hall–Kier alpha value is -1.02. The molecule has 0 spiro atoms. The smallest absolute Gasteiger partial charge is 0.123 e. The Balaban J connectivity index is 2.12. The highest BCUT2D eigenvalue weighted by Crippen LogP contribution is 2.40. The Labute approximate surface area is 117 Å². The quantitative estimate of drug-likeness (QED) is 0.859. The average Bonchev–Trinajstić information content (AvgIpc) is 2.49. The van der Waals surface area contributed by atoms with Crippen molar-refractivity contribution in [3.8, 4) is 5.75 Å². The Morgan fingerprint density at radius 2 is 1.89 bits per heavy atom. The van der Waals surface area contributed by atoms with E-state index in [2.05, 4.69) is 37.5 Å². The summed E-state index contributed by atoms with van der Waals surface area (Å²) in [5.74, 6) is 2.70. The van der Waals surface area contributed by atoms with Crippen LogP contribution in [0.4, 0.5) is 0 Å². The van der Waals surface area contributed by atoms with E-state index in [1.54, 1.807) is 7.11 Å². The Kier molecular flexibility index (Phi) is 5.26. The maximum absolute atomic E-state index is 5.52. The summed E-state index contributed by atoms with van der Waals surface area (Å²) in [6, 6.07) is 8.85. The summed E-state index contributed by atoms with van der Waals surface area (Å²) in [6.45, 7) is 2.32. The minimum Gasteiger partial charge on any atom is -0.496 e. The predicted molar refractivity (Wildman–Crippen MR) is 80.5 cm³/mol. The fraction of sp³-hybridized carbons (Fsp3) is 0.647. The number of hydrogen-bond donors (Lipinski definition) is 1. The molecule has 1 unspecified atom stereocenters. The van der Waals surface area contributed by atoms with Crippen molar-refractivity contribution in [2.75, 3.05) is 14.2 Å². The Bertz CT molecular complexity index is 383. The molecular formula is C17H27NO. The Morgan fingerprint density at radius 1 is 1.21 bits per heavy atom. The van der Waals surface area contributed by atoms with Gasteiger partial charge in [0.25, 0.3) is 0 Å². The standard InChI is InChI=1S/C17H27NO/c1-4-13-9-11-14(12-10-13)17(18-2)15-7-5-6-8-16(15)19-3/h5-8,13-14,17-18H,4,9-12H2,1-3H3. The van der Waals surface area contributed by atoms with E-state index in [-0.39, 0.29) is 0 Å². The van der Waals surface area contributed by atoms with Gasteiger partial charge in [0.2, 0.25) is 0 Å². The molecule has 0 bridgehead atoms. The molecule has 1 aromatic carbocycles. The van der Waals surface area contributed by atoms with Crippen molar-refractivity contribution in [1.29, 1.82) is 0 Å². The second kappa shape index (κ2) is 6.95. The van der Waals surface area contributed by atoms with Gasteiger partial charge in [-0.1, -0.05) is 44.4 Å². The topological polar surface area (TPSA) is 21.3 Å². The van der Waals surface area contributed by atoms with E-state index in [9.17, 15) is 0 Å². The third kappa shape index (κ3) is 3.30. The highest BCUT2D eigenvalue weighted by Gasteiger charge is 2.28. The number of para-hydroxylation sites is 1. The molecule has 0 amide bonds. The number of benzene rings is 1. The molecule has 106 valence electrons. The first kappa shape index (κ1) is 14.4. The van der Waals surface area contributed by atoms with E-state index in [0.717, 1.165) is 17.6 Å². The third-order valence-corrected chi connectivity index (χ3v) is 4.73. The number of ether oxygens (including phenoxy) is 1. The van der Waals surface area contributed by atoms with E-state index < -0.39 is 0 Å². The van der Waals surface area contributed by atoms with E-state index in [1.807, 2.05) is 6.07 Å². The largest absolute Gasteiger partial charge is 0.496 e. The van der Waals surface area contributed by atoms with Crippen LogP contribution < -0.4 is 10.1 Å². The molecule has 0 saturated heterocycles. The van der Waals surface area contributed by atoms with Crippen LogP contribution in [0.3, 0.4) is 0 Å². The normalized spacial score (nSPS) is 25.0. The fourth-order valence-electron chi connectivity index (χ4n) is 3.50. The predicted octanol–water partition coefficient (Wildman–Crippen LogP) is 4.17. The minimum atomic E-state index is 0.425. The summed E-state index contributed by atoms with van der Waals surface area (Å²) in [6.07, 6.45) is 6.78. The van der Waals surface area contributed by atoms with E-state index in [4.69, 9.17) is 4.74 Å². The molecule has 1 fully saturated rings. The number of methoxy groups -OCH3 is 1. The molecule has 2 rings (SSSR count). The number of hydrogen-bond acceptors (Lipinski definition) is 2. The summed E-state index contributed by atoms with van der Waals surface area (Å²) in [4.78, 5) is 0. The van der Waals surface area contributed by atoms with Crippen LogP contribution in [0.2, 0.25) is 0 Å². The first-order valence-corrected chi connectivity index (χ1v) is 7.60. The van der Waals surface area contributed by atoms with Crippen LogP contribution in [0, 0.1) is 11.8 Å². The monoisotopic (exact) mass is 261 g/mol. The van der Waals surface area contributed by atoms with Gasteiger partial charge in [-0.05, 0) is 37.8 Å². The molecule has 1 N–H and O–H groups in total. The summed E-state index contributed by atoms with van der Waals surface area (Å²) in [7, 11) is 3.84. The van der Waals surface area contributed by atoms with Gasteiger partial charge in [-0.25, -0.2) is 0 Å². The summed E-state index contributed by atoms with van der Waals surface area (Å²) in [5.41, 5.74) is 1.31. The van der Waals surface area contributed by atoms with Crippen molar-refractivity contribution >= 4 is 0 Å². The molecule has 1 aromatic rings. The van der Waals surface area contributed by atoms with E-state index in [1.165, 1.54) is 37.7 Å². The second-order valence-corrected chi connectivity index (χ2v) is 5.70. The molecular weight excluding hydrogens is 234 g/mol. The molecule has 0 radical (unpaired) electrons. The van der Waals surface area contributed by atoms with Gasteiger partial charge in [-0.3, -0.25) is 0 Å². The lowest BCUT2D eigenvalue weighted by molar-refractivity contribution is 0.221. The van der Waals surface area contributed by atoms with Crippen LogP contribution in [0.15, 0.2) is 24.3 Å². The SMILES string of the molecule is CCC1CCC(C(NC)c2ccccc2OC)CC1. The van der Waals surface area contributed by atoms with Crippen LogP contribution in [0.5, 0.6) is 5.75 Å². The van der Waals surface area contributed by atoms with Crippen LogP contribution in [-0.2, 0) is 0 Å². The van der Waals surface area contributed by atoms with Gasteiger partial charge in [0.1, 0.15) is 5.75 Å². The van der Waals surface area contributed by atoms with Gasteiger partial charge in [0.05, 0.1) is 7.11 Å². The number of nitrogens with one attached hydrogen (secondary N) is 1. The van der Waals surface area contributed by atoms with Gasteiger partial charge >= 0.3 is 0 Å². The summed E-state index contributed by atoms with van der Waals surface area (Å²) >= 11 is 0. The van der Waals surface area contributed by atoms with E-state index in [0.29, 0.717) is 6.04 Å². The summed E-state index contributed by atoms with van der Waals surface area (Å²) < 4.78 is 5.52. The molecule has 1 atom stereocenters. The number of rotatable bonds is 5. The summed E-state index contributed by atoms with van der Waals surface area (Å²) in [5, 5.41) is 3.52. The van der Waals surface area contributed by atoms with Crippen LogP contribution in [0.25, 0.3) is 0 Å². The molecule has 2 heteroatoms. The molecule has 0 aliphatic heterocycles. The van der Waals surface area contributed by atoms with Crippen LogP contribution in [0.1, 0.15) is 50.6 Å². The molecule has 1 aliphatic rings. The van der Waals surface area contributed by atoms with Crippen molar-refractivity contribution in [3.63, 3.8) is 0 Å². The zero-order valence-corrected chi connectivity index (χ0v) is 12.5. The average molecular weight is 261 g/mol. The zero-order valence-electron chi connectivity index (χ0n) is 12.5. The van der Waals surface area contributed by atoms with E-state index >= 15 is 0 Å². The minimum absolute atomic E-state index is 0.425. The maximum Gasteiger partial charge on any atom is 0.123 e. The van der Waals surface area contributed by atoms with Gasteiger partial charge in [-0.2, -0.15) is 0 Å². The molecule has 0 aromatic heterocycles. The van der Waals surface area contributed by atoms with Crippen molar-refractivity contribution < 1.29 is 4.74 Å². The fourth-order valence-corrected chi connectivity index (χ4v) is 3.50. The van der Waals surface area contributed by atoms with Gasteiger partial charge in [-0.15, -0.1) is 0 Å². The Morgan fingerprint density at radius 3 is 2.47 bits per heavy atom. The lowest BCUT2D eigenvalue weighted by Crippen LogP contribution is -2.29.